The van der Waals surface area contributed by atoms with Crippen molar-refractivity contribution < 1.29 is 22.7 Å². The van der Waals surface area contributed by atoms with E-state index in [1.807, 2.05) is 6.07 Å². The van der Waals surface area contributed by atoms with Gasteiger partial charge in [0, 0.05) is 18.8 Å². The van der Waals surface area contributed by atoms with E-state index >= 15 is 0 Å². The molecule has 0 bridgehead atoms. The maximum Gasteiger partial charge on any atom is 0.244 e. The fraction of sp³-hybridized carbons (Fsp3) is 0.417. The summed E-state index contributed by atoms with van der Waals surface area (Å²) in [5, 5.41) is 2.75. The second-order valence-electron chi connectivity index (χ2n) is 8.89. The molecule has 2 atom stereocenters. The van der Waals surface area contributed by atoms with Gasteiger partial charge >= 0.3 is 0 Å². The zero-order valence-electron chi connectivity index (χ0n) is 18.9. The van der Waals surface area contributed by atoms with Crippen molar-refractivity contribution in [2.24, 2.45) is 11.8 Å². The zero-order chi connectivity index (χ0) is 23.6. The SMILES string of the molecule is CC1CC(C)CN(S(=O)(=O)c2ccc(NC(=O)CN3C(=O)CCOc4ccccc43)cc2)C1. The van der Waals surface area contributed by atoms with E-state index in [0.29, 0.717) is 42.0 Å². The number of ether oxygens (including phenoxy) is 1. The lowest BCUT2D eigenvalue weighted by Gasteiger charge is -2.34. The lowest BCUT2D eigenvalue weighted by molar-refractivity contribution is -0.121. The van der Waals surface area contributed by atoms with Gasteiger partial charge in [-0.3, -0.25) is 14.5 Å². The van der Waals surface area contributed by atoms with Crippen LogP contribution in [0.15, 0.2) is 53.4 Å². The van der Waals surface area contributed by atoms with Gasteiger partial charge in [-0.1, -0.05) is 26.0 Å². The first-order chi connectivity index (χ1) is 15.7. The molecule has 2 aliphatic heterocycles. The van der Waals surface area contributed by atoms with E-state index in [1.54, 1.807) is 34.6 Å². The molecule has 33 heavy (non-hydrogen) atoms. The molecule has 2 aliphatic rings. The molecular weight excluding hydrogens is 442 g/mol. The van der Waals surface area contributed by atoms with Gasteiger partial charge in [0.05, 0.1) is 23.6 Å². The molecule has 1 saturated heterocycles. The molecule has 0 aliphatic carbocycles. The Kier molecular flexibility index (Phi) is 6.71. The summed E-state index contributed by atoms with van der Waals surface area (Å²) in [6.07, 6.45) is 1.20. The van der Waals surface area contributed by atoms with Crippen LogP contribution in [0.25, 0.3) is 0 Å². The van der Waals surface area contributed by atoms with Crippen molar-refractivity contribution in [3.63, 3.8) is 0 Å². The van der Waals surface area contributed by atoms with Crippen LogP contribution >= 0.6 is 0 Å². The van der Waals surface area contributed by atoms with Gasteiger partial charge in [-0.25, -0.2) is 8.42 Å². The molecule has 176 valence electrons. The van der Waals surface area contributed by atoms with Crippen LogP contribution in [0.4, 0.5) is 11.4 Å². The highest BCUT2D eigenvalue weighted by Crippen LogP contribution is 2.31. The van der Waals surface area contributed by atoms with Crippen LogP contribution in [0.5, 0.6) is 5.75 Å². The summed E-state index contributed by atoms with van der Waals surface area (Å²) in [5.74, 6) is 0.626. The molecule has 0 radical (unpaired) electrons. The molecule has 0 spiro atoms. The van der Waals surface area contributed by atoms with Gasteiger partial charge in [0.2, 0.25) is 21.8 Å². The summed E-state index contributed by atoms with van der Waals surface area (Å²) < 4.78 is 33.2. The van der Waals surface area contributed by atoms with Crippen molar-refractivity contribution in [2.75, 3.05) is 36.5 Å². The van der Waals surface area contributed by atoms with Gasteiger partial charge in [-0.15, -0.1) is 0 Å². The molecule has 4 rings (SSSR count). The van der Waals surface area contributed by atoms with E-state index in [-0.39, 0.29) is 36.3 Å². The van der Waals surface area contributed by atoms with E-state index in [2.05, 4.69) is 19.2 Å². The number of hydrogen-bond donors (Lipinski definition) is 1. The first-order valence-corrected chi connectivity index (χ1v) is 12.6. The normalized spacial score (nSPS) is 21.6. The molecule has 2 amide bonds. The number of piperidine rings is 1. The topological polar surface area (TPSA) is 96.0 Å². The van der Waals surface area contributed by atoms with Crippen LogP contribution in [0.1, 0.15) is 26.7 Å². The lowest BCUT2D eigenvalue weighted by Crippen LogP contribution is -2.42. The molecule has 2 aromatic rings. The fourth-order valence-electron chi connectivity index (χ4n) is 4.50. The minimum absolute atomic E-state index is 0.164. The Morgan fingerprint density at radius 3 is 2.42 bits per heavy atom. The van der Waals surface area contributed by atoms with E-state index in [9.17, 15) is 18.0 Å². The van der Waals surface area contributed by atoms with E-state index in [4.69, 9.17) is 4.74 Å². The third-order valence-electron chi connectivity index (χ3n) is 5.94. The van der Waals surface area contributed by atoms with Gasteiger partial charge < -0.3 is 10.1 Å². The number of rotatable bonds is 5. The van der Waals surface area contributed by atoms with E-state index in [1.165, 1.54) is 17.0 Å². The van der Waals surface area contributed by atoms with Gasteiger partial charge in [-0.2, -0.15) is 4.31 Å². The van der Waals surface area contributed by atoms with Crippen LogP contribution < -0.4 is 15.0 Å². The van der Waals surface area contributed by atoms with Crippen molar-refractivity contribution in [3.05, 3.63) is 48.5 Å². The van der Waals surface area contributed by atoms with Crippen molar-refractivity contribution in [1.29, 1.82) is 0 Å². The Hall–Kier alpha value is -2.91. The predicted octanol–water partition coefficient (Wildman–Crippen LogP) is 3.11. The summed E-state index contributed by atoms with van der Waals surface area (Å²) in [4.78, 5) is 26.8. The molecule has 1 fully saturated rings. The lowest BCUT2D eigenvalue weighted by atomic mass is 9.94. The minimum Gasteiger partial charge on any atom is -0.491 e. The first kappa shape index (κ1) is 23.3. The summed E-state index contributed by atoms with van der Waals surface area (Å²) in [6, 6.07) is 13.3. The smallest absolute Gasteiger partial charge is 0.244 e. The third-order valence-corrected chi connectivity index (χ3v) is 7.79. The molecule has 2 heterocycles. The number of carbonyl (C=O) groups excluding carboxylic acids is 2. The Bertz CT molecular complexity index is 1120. The van der Waals surface area contributed by atoms with Crippen molar-refractivity contribution in [3.8, 4) is 5.75 Å². The largest absolute Gasteiger partial charge is 0.491 e. The average molecular weight is 472 g/mol. The van der Waals surface area contributed by atoms with Gasteiger partial charge in [0.25, 0.3) is 0 Å². The van der Waals surface area contributed by atoms with Gasteiger partial charge in [-0.05, 0) is 54.7 Å². The molecule has 9 heteroatoms. The van der Waals surface area contributed by atoms with Crippen LogP contribution in [0, 0.1) is 11.8 Å². The molecule has 1 N–H and O–H groups in total. The highest BCUT2D eigenvalue weighted by molar-refractivity contribution is 7.89. The highest BCUT2D eigenvalue weighted by Gasteiger charge is 2.31. The van der Waals surface area contributed by atoms with Crippen LogP contribution in [-0.4, -0.2) is 50.8 Å². The molecular formula is C24H29N3O5S. The third kappa shape index (κ3) is 5.20. The number of anilines is 2. The van der Waals surface area contributed by atoms with Crippen LogP contribution in [-0.2, 0) is 19.6 Å². The summed E-state index contributed by atoms with van der Waals surface area (Å²) >= 11 is 0. The molecule has 0 saturated carbocycles. The Morgan fingerprint density at radius 2 is 1.73 bits per heavy atom. The fourth-order valence-corrected chi connectivity index (χ4v) is 6.18. The van der Waals surface area contributed by atoms with E-state index < -0.39 is 10.0 Å². The van der Waals surface area contributed by atoms with Crippen molar-refractivity contribution in [1.82, 2.24) is 4.31 Å². The van der Waals surface area contributed by atoms with Crippen LogP contribution in [0.3, 0.4) is 0 Å². The van der Waals surface area contributed by atoms with E-state index in [0.717, 1.165) is 6.42 Å². The maximum atomic E-state index is 13.0. The van der Waals surface area contributed by atoms with Crippen molar-refractivity contribution >= 4 is 33.2 Å². The molecule has 0 aromatic heterocycles. The maximum absolute atomic E-state index is 13.0. The monoisotopic (exact) mass is 471 g/mol. The summed E-state index contributed by atoms with van der Waals surface area (Å²) in [5.41, 5.74) is 1.02. The quantitative estimate of drug-likeness (QED) is 0.723. The highest BCUT2D eigenvalue weighted by atomic mass is 32.2. The number of sulfonamides is 1. The molecule has 2 aromatic carbocycles. The number of amides is 2. The predicted molar refractivity (Wildman–Crippen MR) is 126 cm³/mol. The summed E-state index contributed by atoms with van der Waals surface area (Å²) in [7, 11) is -3.59. The number of carbonyl (C=O) groups is 2. The Morgan fingerprint density at radius 1 is 1.06 bits per heavy atom. The minimum atomic E-state index is -3.59. The molecule has 8 nitrogen and oxygen atoms in total. The molecule has 2 unspecified atom stereocenters. The van der Waals surface area contributed by atoms with Gasteiger partial charge in [0.1, 0.15) is 12.3 Å². The van der Waals surface area contributed by atoms with Crippen LogP contribution in [0.2, 0.25) is 0 Å². The second-order valence-corrected chi connectivity index (χ2v) is 10.8. The number of hydrogen-bond acceptors (Lipinski definition) is 5. The second kappa shape index (κ2) is 9.52. The number of fused-ring (bicyclic) bond motifs is 1. The standard InChI is InChI=1S/C24H29N3O5S/c1-17-13-18(2)15-26(14-17)33(30,31)20-9-7-19(8-10-20)25-23(28)16-27-21-5-3-4-6-22(21)32-12-11-24(27)29/h3-10,17-18H,11-16H2,1-2H3,(H,25,28). The average Bonchev–Trinajstić information content (AvgIpc) is 2.92. The Labute approximate surface area is 194 Å². The number of benzene rings is 2. The van der Waals surface area contributed by atoms with Crippen molar-refractivity contribution in [2.45, 2.75) is 31.6 Å². The summed E-state index contributed by atoms with van der Waals surface area (Å²) in [6.45, 7) is 5.26. The number of nitrogens with zero attached hydrogens (tertiary/aromatic N) is 2. The zero-order valence-corrected chi connectivity index (χ0v) is 19.7. The number of para-hydroxylation sites is 2. The first-order valence-electron chi connectivity index (χ1n) is 11.2. The van der Waals surface area contributed by atoms with Gasteiger partial charge in [0.15, 0.2) is 0 Å². The Balaban J connectivity index is 1.44. The number of nitrogens with one attached hydrogen (secondary N) is 1.